The number of rotatable bonds is 15. The van der Waals surface area contributed by atoms with E-state index in [1.807, 2.05) is 25.1 Å². The highest BCUT2D eigenvalue weighted by Gasteiger charge is 2.34. The fraction of sp³-hybridized carbons (Fsp3) is 0.257. The summed E-state index contributed by atoms with van der Waals surface area (Å²) in [5.41, 5.74) is 0.702. The second-order valence-corrected chi connectivity index (χ2v) is 13.2. The molecule has 4 aromatic carbocycles. The molecule has 0 aliphatic carbocycles. The number of carbonyl (C=O) groups is 2. The second kappa shape index (κ2) is 16.5. The van der Waals surface area contributed by atoms with Crippen molar-refractivity contribution in [3.05, 3.63) is 119 Å². The van der Waals surface area contributed by atoms with Gasteiger partial charge in [-0.2, -0.15) is 0 Å². The number of unbranched alkanes of at least 4 members (excludes halogenated alkanes) is 1. The molecule has 0 radical (unpaired) electrons. The van der Waals surface area contributed by atoms with E-state index in [0.717, 1.165) is 17.1 Å². The van der Waals surface area contributed by atoms with Crippen LogP contribution in [0.15, 0.2) is 108 Å². The largest absolute Gasteiger partial charge is 0.457 e. The summed E-state index contributed by atoms with van der Waals surface area (Å²) in [4.78, 5) is 29.1. The molecule has 242 valence electrons. The van der Waals surface area contributed by atoms with E-state index < -0.39 is 28.5 Å². The Morgan fingerprint density at radius 1 is 0.804 bits per heavy atom. The first-order valence-electron chi connectivity index (χ1n) is 15.1. The molecule has 1 unspecified atom stereocenters. The first kappa shape index (κ1) is 34.8. The maximum atomic E-state index is 14.3. The number of nitrogens with one attached hydrogen (secondary N) is 1. The van der Waals surface area contributed by atoms with Gasteiger partial charge in [0.25, 0.3) is 10.0 Å². The van der Waals surface area contributed by atoms with E-state index in [9.17, 15) is 18.0 Å². The molecule has 4 aromatic rings. The van der Waals surface area contributed by atoms with Crippen molar-refractivity contribution in [1.29, 1.82) is 0 Å². The zero-order chi connectivity index (χ0) is 33.1. The van der Waals surface area contributed by atoms with Crippen molar-refractivity contribution in [2.45, 2.75) is 50.6 Å². The lowest BCUT2D eigenvalue weighted by Crippen LogP contribution is -2.52. The molecule has 0 aromatic heterocycles. The third kappa shape index (κ3) is 8.81. The van der Waals surface area contributed by atoms with Gasteiger partial charge in [-0.3, -0.25) is 13.9 Å². The molecule has 4 rings (SSSR count). The monoisotopic (exact) mass is 681 g/mol. The third-order valence-electron chi connectivity index (χ3n) is 7.32. The molecular formula is C35H37Cl2N3O5S. The number of para-hydroxylation sites is 1. The topological polar surface area (TPSA) is 96.0 Å². The van der Waals surface area contributed by atoms with Crippen LogP contribution in [0.3, 0.4) is 0 Å². The van der Waals surface area contributed by atoms with Crippen molar-refractivity contribution in [3.63, 3.8) is 0 Å². The van der Waals surface area contributed by atoms with E-state index in [2.05, 4.69) is 5.32 Å². The van der Waals surface area contributed by atoms with Crippen LogP contribution in [0.2, 0.25) is 10.0 Å². The summed E-state index contributed by atoms with van der Waals surface area (Å²) in [5, 5.41) is 3.56. The van der Waals surface area contributed by atoms with Gasteiger partial charge in [-0.15, -0.1) is 0 Å². The average molecular weight is 683 g/mol. The summed E-state index contributed by atoms with van der Waals surface area (Å²) < 4.78 is 35.1. The minimum Gasteiger partial charge on any atom is -0.457 e. The Morgan fingerprint density at radius 3 is 1.98 bits per heavy atom. The Bertz CT molecular complexity index is 1690. The van der Waals surface area contributed by atoms with Crippen LogP contribution < -0.4 is 14.4 Å². The van der Waals surface area contributed by atoms with E-state index in [-0.39, 0.29) is 29.5 Å². The average Bonchev–Trinajstić information content (AvgIpc) is 3.06. The highest BCUT2D eigenvalue weighted by Crippen LogP contribution is 2.30. The molecule has 0 bridgehead atoms. The number of halogens is 2. The van der Waals surface area contributed by atoms with Gasteiger partial charge in [0.1, 0.15) is 24.1 Å². The second-order valence-electron chi connectivity index (χ2n) is 10.5. The summed E-state index contributed by atoms with van der Waals surface area (Å²) in [5.74, 6) is 0.170. The minimum atomic E-state index is -4.22. The Hall–Kier alpha value is -4.05. The number of amides is 2. The summed E-state index contributed by atoms with van der Waals surface area (Å²) >= 11 is 13.0. The fourth-order valence-corrected chi connectivity index (χ4v) is 6.79. The van der Waals surface area contributed by atoms with E-state index in [1.54, 1.807) is 79.7 Å². The molecule has 0 saturated carbocycles. The van der Waals surface area contributed by atoms with Gasteiger partial charge >= 0.3 is 0 Å². The molecule has 1 N–H and O–H groups in total. The number of nitrogens with zero attached hydrogens (tertiary/aromatic N) is 2. The predicted octanol–water partition coefficient (Wildman–Crippen LogP) is 7.70. The number of benzene rings is 4. The number of anilines is 1. The number of hydrogen-bond donors (Lipinski definition) is 1. The van der Waals surface area contributed by atoms with Crippen LogP contribution in [0.4, 0.5) is 5.69 Å². The Kier molecular flexibility index (Phi) is 12.5. The highest BCUT2D eigenvalue weighted by molar-refractivity contribution is 7.92. The minimum absolute atomic E-state index is 0.0115. The third-order valence-corrected chi connectivity index (χ3v) is 9.82. The summed E-state index contributed by atoms with van der Waals surface area (Å²) in [6.45, 7) is 3.58. The van der Waals surface area contributed by atoms with Gasteiger partial charge < -0.3 is 15.0 Å². The molecule has 0 heterocycles. The van der Waals surface area contributed by atoms with Crippen LogP contribution in [-0.4, -0.2) is 44.3 Å². The van der Waals surface area contributed by atoms with Gasteiger partial charge in [0.05, 0.1) is 10.6 Å². The van der Waals surface area contributed by atoms with Gasteiger partial charge in [-0.05, 0) is 73.5 Å². The molecule has 0 aliphatic rings. The SMILES string of the molecule is CCCCNC(=O)C(CC)N(Cc1c(Cl)cccc1Cl)C(=O)CN(c1ccc(Oc2ccccc2)cc1)S(=O)(=O)c1ccccc1. The maximum Gasteiger partial charge on any atom is 0.264 e. The van der Waals surface area contributed by atoms with E-state index in [4.69, 9.17) is 27.9 Å². The van der Waals surface area contributed by atoms with Crippen LogP contribution in [0, 0.1) is 0 Å². The number of sulfonamides is 1. The van der Waals surface area contributed by atoms with Crippen LogP contribution in [0.5, 0.6) is 11.5 Å². The van der Waals surface area contributed by atoms with Crippen LogP contribution in [0.1, 0.15) is 38.7 Å². The molecule has 1 atom stereocenters. The molecule has 0 saturated heterocycles. The molecular weight excluding hydrogens is 645 g/mol. The van der Waals surface area contributed by atoms with E-state index >= 15 is 0 Å². The van der Waals surface area contributed by atoms with Gasteiger partial charge in [-0.25, -0.2) is 8.42 Å². The number of hydrogen-bond acceptors (Lipinski definition) is 5. The molecule has 0 fully saturated rings. The number of carbonyl (C=O) groups excluding carboxylic acids is 2. The molecule has 46 heavy (non-hydrogen) atoms. The van der Waals surface area contributed by atoms with Crippen LogP contribution >= 0.6 is 23.2 Å². The molecule has 2 amide bonds. The Labute approximate surface area is 280 Å². The fourth-order valence-electron chi connectivity index (χ4n) is 4.83. The van der Waals surface area contributed by atoms with Crippen molar-refractivity contribution < 1.29 is 22.7 Å². The summed E-state index contributed by atoms with van der Waals surface area (Å²) in [6.07, 6.45) is 1.94. The van der Waals surface area contributed by atoms with Crippen molar-refractivity contribution in [3.8, 4) is 11.5 Å². The van der Waals surface area contributed by atoms with Crippen molar-refractivity contribution >= 4 is 50.7 Å². The maximum absolute atomic E-state index is 14.3. The molecule has 11 heteroatoms. The van der Waals surface area contributed by atoms with Gasteiger partial charge in [0.15, 0.2) is 0 Å². The van der Waals surface area contributed by atoms with E-state index in [1.165, 1.54) is 17.0 Å². The zero-order valence-corrected chi connectivity index (χ0v) is 28.1. The van der Waals surface area contributed by atoms with Crippen molar-refractivity contribution in [2.24, 2.45) is 0 Å². The zero-order valence-electron chi connectivity index (χ0n) is 25.7. The van der Waals surface area contributed by atoms with Gasteiger partial charge in [0.2, 0.25) is 11.8 Å². The first-order valence-corrected chi connectivity index (χ1v) is 17.3. The molecule has 0 aliphatic heterocycles. The molecule has 8 nitrogen and oxygen atoms in total. The van der Waals surface area contributed by atoms with Gasteiger partial charge in [-0.1, -0.05) is 85.9 Å². The normalized spacial score (nSPS) is 11.8. The van der Waals surface area contributed by atoms with Crippen molar-refractivity contribution in [2.75, 3.05) is 17.4 Å². The smallest absolute Gasteiger partial charge is 0.264 e. The number of ether oxygens (including phenoxy) is 1. The quantitative estimate of drug-likeness (QED) is 0.130. The standard InChI is InChI=1S/C35H37Cl2N3O5S/c1-3-5-23-38-35(42)33(4-2)39(24-30-31(36)17-12-18-32(30)37)34(41)25-40(46(43,44)29-15-10-7-11-16-29)26-19-21-28(22-20-26)45-27-13-8-6-9-14-27/h6-22,33H,3-5,23-25H2,1-2H3,(H,38,42). The lowest BCUT2D eigenvalue weighted by Gasteiger charge is -2.33. The first-order chi connectivity index (χ1) is 22.1. The highest BCUT2D eigenvalue weighted by atomic mass is 35.5. The van der Waals surface area contributed by atoms with E-state index in [0.29, 0.717) is 33.7 Å². The predicted molar refractivity (Wildman–Crippen MR) is 183 cm³/mol. The Morgan fingerprint density at radius 2 is 1.39 bits per heavy atom. The summed E-state index contributed by atoms with van der Waals surface area (Å²) in [6, 6.07) is 27.6. The molecule has 0 spiro atoms. The van der Waals surface area contributed by atoms with Crippen LogP contribution in [0.25, 0.3) is 0 Å². The van der Waals surface area contributed by atoms with Crippen LogP contribution in [-0.2, 0) is 26.2 Å². The van der Waals surface area contributed by atoms with Gasteiger partial charge in [0, 0.05) is 28.7 Å². The lowest BCUT2D eigenvalue weighted by molar-refractivity contribution is -0.140. The summed E-state index contributed by atoms with van der Waals surface area (Å²) in [7, 11) is -4.22. The van der Waals surface area contributed by atoms with Crippen molar-refractivity contribution in [1.82, 2.24) is 10.2 Å². The Balaban J connectivity index is 1.72. The lowest BCUT2D eigenvalue weighted by atomic mass is 10.1.